The van der Waals surface area contributed by atoms with Gasteiger partial charge in [0, 0.05) is 18.8 Å². The standard InChI is InChI=1S/C15H17BNO/c1-13-7-5-6-10-15(13)16-18-12-11-17-14-8-3-2-4-9-14/h2-10,16-17H,1,11-12H2. The van der Waals surface area contributed by atoms with E-state index >= 15 is 0 Å². The van der Waals surface area contributed by atoms with Crippen molar-refractivity contribution < 1.29 is 4.65 Å². The molecule has 0 bridgehead atoms. The third kappa shape index (κ3) is 3.93. The van der Waals surface area contributed by atoms with Crippen molar-refractivity contribution in [1.29, 1.82) is 0 Å². The minimum Gasteiger partial charge on any atom is -0.433 e. The van der Waals surface area contributed by atoms with E-state index in [0.717, 1.165) is 23.3 Å². The first-order chi connectivity index (χ1) is 8.86. The molecule has 0 aliphatic carbocycles. The highest BCUT2D eigenvalue weighted by Crippen LogP contribution is 2.03. The zero-order chi connectivity index (χ0) is 12.6. The van der Waals surface area contributed by atoms with Crippen LogP contribution in [0.25, 0.3) is 0 Å². The average Bonchev–Trinajstić information content (AvgIpc) is 2.42. The lowest BCUT2D eigenvalue weighted by Crippen LogP contribution is -2.22. The summed E-state index contributed by atoms with van der Waals surface area (Å²) >= 11 is 0. The van der Waals surface area contributed by atoms with E-state index in [1.165, 1.54) is 0 Å². The van der Waals surface area contributed by atoms with Gasteiger partial charge in [-0.15, -0.1) is 0 Å². The van der Waals surface area contributed by atoms with Gasteiger partial charge in [0.25, 0.3) is 0 Å². The molecule has 2 aromatic rings. The largest absolute Gasteiger partial charge is 0.433 e. The topological polar surface area (TPSA) is 21.3 Å². The molecule has 2 aromatic carbocycles. The third-order valence-corrected chi connectivity index (χ3v) is 2.73. The van der Waals surface area contributed by atoms with Gasteiger partial charge in [0.1, 0.15) is 0 Å². The van der Waals surface area contributed by atoms with Crippen molar-refractivity contribution in [3.05, 3.63) is 67.1 Å². The lowest BCUT2D eigenvalue weighted by atomic mass is 9.84. The quantitative estimate of drug-likeness (QED) is 0.613. The second kappa shape index (κ2) is 6.87. The summed E-state index contributed by atoms with van der Waals surface area (Å²) in [7, 11) is 0.621. The molecule has 0 aliphatic heterocycles. The first-order valence-corrected chi connectivity index (χ1v) is 6.13. The lowest BCUT2D eigenvalue weighted by molar-refractivity contribution is 0.359. The second-order valence-electron chi connectivity index (χ2n) is 4.11. The van der Waals surface area contributed by atoms with Crippen LogP contribution in [0.15, 0.2) is 54.6 Å². The fraction of sp³-hybridized carbons (Fsp3) is 0.133. The minimum atomic E-state index is 0.621. The van der Waals surface area contributed by atoms with E-state index in [1.807, 2.05) is 54.6 Å². The van der Waals surface area contributed by atoms with Crippen LogP contribution in [0.2, 0.25) is 0 Å². The SMILES string of the molecule is [CH2]c1ccccc1BOCCNc1ccccc1. The molecule has 0 atom stereocenters. The van der Waals surface area contributed by atoms with E-state index in [0.29, 0.717) is 14.1 Å². The highest BCUT2D eigenvalue weighted by atomic mass is 16.4. The number of nitrogens with one attached hydrogen (secondary N) is 1. The van der Waals surface area contributed by atoms with Crippen molar-refractivity contribution in [2.75, 3.05) is 18.5 Å². The summed E-state index contributed by atoms with van der Waals surface area (Å²) in [4.78, 5) is 0. The van der Waals surface area contributed by atoms with E-state index in [4.69, 9.17) is 4.65 Å². The molecular formula is C15H17BNO. The Balaban J connectivity index is 1.66. The van der Waals surface area contributed by atoms with Crippen molar-refractivity contribution in [3.63, 3.8) is 0 Å². The van der Waals surface area contributed by atoms with Crippen LogP contribution in [0, 0.1) is 6.92 Å². The van der Waals surface area contributed by atoms with Gasteiger partial charge in [-0.25, -0.2) is 0 Å². The van der Waals surface area contributed by atoms with Gasteiger partial charge in [-0.3, -0.25) is 0 Å². The van der Waals surface area contributed by atoms with Gasteiger partial charge < -0.3 is 9.97 Å². The smallest absolute Gasteiger partial charge is 0.308 e. The molecule has 0 spiro atoms. The molecule has 0 unspecified atom stereocenters. The fourth-order valence-corrected chi connectivity index (χ4v) is 1.70. The number of hydrogen-bond acceptors (Lipinski definition) is 2. The molecule has 91 valence electrons. The summed E-state index contributed by atoms with van der Waals surface area (Å²) in [6.45, 7) is 5.46. The Morgan fingerprint density at radius 3 is 2.50 bits per heavy atom. The molecule has 0 saturated heterocycles. The van der Waals surface area contributed by atoms with Crippen LogP contribution >= 0.6 is 0 Å². The Hall–Kier alpha value is -1.74. The van der Waals surface area contributed by atoms with Crippen LogP contribution in [0.5, 0.6) is 0 Å². The Bertz CT molecular complexity index is 473. The van der Waals surface area contributed by atoms with Crippen molar-refractivity contribution >= 4 is 18.6 Å². The predicted octanol–water partition coefficient (Wildman–Crippen LogP) is 1.97. The van der Waals surface area contributed by atoms with Crippen LogP contribution in [0.1, 0.15) is 5.56 Å². The molecule has 0 heterocycles. The van der Waals surface area contributed by atoms with Gasteiger partial charge in [-0.2, -0.15) is 0 Å². The number of hydrogen-bond donors (Lipinski definition) is 1. The van der Waals surface area contributed by atoms with E-state index in [2.05, 4.69) is 12.2 Å². The normalized spacial score (nSPS) is 10.1. The van der Waals surface area contributed by atoms with Crippen LogP contribution in [0.4, 0.5) is 5.69 Å². The van der Waals surface area contributed by atoms with Crippen molar-refractivity contribution in [1.82, 2.24) is 0 Å². The zero-order valence-corrected chi connectivity index (χ0v) is 10.4. The summed E-state index contributed by atoms with van der Waals surface area (Å²) in [5.74, 6) is 0. The number of para-hydroxylation sites is 1. The summed E-state index contributed by atoms with van der Waals surface area (Å²) < 4.78 is 5.62. The Labute approximate surface area is 109 Å². The Morgan fingerprint density at radius 2 is 1.72 bits per heavy atom. The first-order valence-electron chi connectivity index (χ1n) is 6.13. The monoisotopic (exact) mass is 238 g/mol. The molecule has 2 rings (SSSR count). The molecule has 18 heavy (non-hydrogen) atoms. The molecule has 0 aliphatic rings. The van der Waals surface area contributed by atoms with Gasteiger partial charge in [0.05, 0.1) is 0 Å². The molecule has 1 N–H and O–H groups in total. The van der Waals surface area contributed by atoms with Crippen LogP contribution in [0.3, 0.4) is 0 Å². The summed E-state index contributed by atoms with van der Waals surface area (Å²) in [5, 5.41) is 3.30. The number of anilines is 1. The molecule has 3 heteroatoms. The second-order valence-corrected chi connectivity index (χ2v) is 4.11. The Kier molecular flexibility index (Phi) is 4.85. The summed E-state index contributed by atoms with van der Waals surface area (Å²) in [6.07, 6.45) is 0. The summed E-state index contributed by atoms with van der Waals surface area (Å²) in [6, 6.07) is 18.2. The maximum atomic E-state index is 5.62. The lowest BCUT2D eigenvalue weighted by Gasteiger charge is -2.08. The molecular weight excluding hydrogens is 221 g/mol. The van der Waals surface area contributed by atoms with Gasteiger partial charge in [0.15, 0.2) is 0 Å². The van der Waals surface area contributed by atoms with E-state index < -0.39 is 0 Å². The van der Waals surface area contributed by atoms with E-state index in [9.17, 15) is 0 Å². The molecule has 0 aromatic heterocycles. The number of benzene rings is 2. The molecule has 0 amide bonds. The van der Waals surface area contributed by atoms with Crippen LogP contribution in [-0.4, -0.2) is 20.6 Å². The van der Waals surface area contributed by atoms with Crippen LogP contribution in [-0.2, 0) is 4.65 Å². The first kappa shape index (κ1) is 12.7. The molecule has 2 nitrogen and oxygen atoms in total. The number of rotatable bonds is 6. The van der Waals surface area contributed by atoms with Gasteiger partial charge in [-0.05, 0) is 24.5 Å². The summed E-state index contributed by atoms with van der Waals surface area (Å²) in [5.41, 5.74) is 3.31. The van der Waals surface area contributed by atoms with Gasteiger partial charge >= 0.3 is 7.48 Å². The fourth-order valence-electron chi connectivity index (χ4n) is 1.70. The maximum absolute atomic E-state index is 5.62. The Morgan fingerprint density at radius 1 is 1.00 bits per heavy atom. The third-order valence-electron chi connectivity index (χ3n) is 2.73. The van der Waals surface area contributed by atoms with Crippen molar-refractivity contribution in [2.45, 2.75) is 0 Å². The van der Waals surface area contributed by atoms with E-state index in [-0.39, 0.29) is 0 Å². The van der Waals surface area contributed by atoms with E-state index in [1.54, 1.807) is 0 Å². The highest BCUT2D eigenvalue weighted by Gasteiger charge is 1.99. The highest BCUT2D eigenvalue weighted by molar-refractivity contribution is 6.47. The van der Waals surface area contributed by atoms with Crippen molar-refractivity contribution in [3.8, 4) is 0 Å². The average molecular weight is 238 g/mol. The molecule has 0 fully saturated rings. The minimum absolute atomic E-state index is 0.621. The molecule has 1 radical (unpaired) electrons. The maximum Gasteiger partial charge on any atom is 0.308 e. The van der Waals surface area contributed by atoms with Gasteiger partial charge in [0.2, 0.25) is 0 Å². The molecule has 0 saturated carbocycles. The zero-order valence-electron chi connectivity index (χ0n) is 10.4. The van der Waals surface area contributed by atoms with Gasteiger partial charge in [-0.1, -0.05) is 48.0 Å². The van der Waals surface area contributed by atoms with Crippen LogP contribution < -0.4 is 10.8 Å². The predicted molar refractivity (Wildman–Crippen MR) is 78.6 cm³/mol. The van der Waals surface area contributed by atoms with Crippen molar-refractivity contribution in [2.24, 2.45) is 0 Å².